The Morgan fingerprint density at radius 2 is 2.16 bits per heavy atom. The van der Waals surface area contributed by atoms with Crippen molar-refractivity contribution >= 4 is 17.6 Å². The zero-order chi connectivity index (χ0) is 17.4. The first-order valence-corrected chi connectivity index (χ1v) is 9.01. The first-order chi connectivity index (χ1) is 12.1. The van der Waals surface area contributed by atoms with Crippen molar-refractivity contribution in [1.29, 1.82) is 0 Å². The van der Waals surface area contributed by atoms with Crippen molar-refractivity contribution in [1.82, 2.24) is 4.90 Å². The Kier molecular flexibility index (Phi) is 2.86. The van der Waals surface area contributed by atoms with E-state index in [1.54, 1.807) is 4.90 Å². The first kappa shape index (κ1) is 15.1. The van der Waals surface area contributed by atoms with Gasteiger partial charge in [-0.05, 0) is 37.3 Å². The van der Waals surface area contributed by atoms with E-state index >= 15 is 0 Å². The minimum Gasteiger partial charge on any atom is -0.452 e. The van der Waals surface area contributed by atoms with Crippen molar-refractivity contribution in [2.24, 2.45) is 5.92 Å². The topological polar surface area (TPSA) is 49.9 Å². The number of fused-ring (bicyclic) bond motifs is 2. The molecule has 3 heterocycles. The van der Waals surface area contributed by atoms with Crippen molar-refractivity contribution in [3.05, 3.63) is 41.5 Å². The van der Waals surface area contributed by atoms with E-state index in [1.807, 2.05) is 24.3 Å². The van der Waals surface area contributed by atoms with Crippen LogP contribution in [0.4, 0.5) is 10.5 Å². The number of benzene rings is 1. The number of ketones is 1. The van der Waals surface area contributed by atoms with Gasteiger partial charge in [0.1, 0.15) is 11.4 Å². The van der Waals surface area contributed by atoms with Crippen LogP contribution in [0.1, 0.15) is 31.7 Å². The Morgan fingerprint density at radius 3 is 2.92 bits per heavy atom. The van der Waals surface area contributed by atoms with Gasteiger partial charge >= 0.3 is 6.09 Å². The van der Waals surface area contributed by atoms with Gasteiger partial charge in [-0.3, -0.25) is 14.6 Å². The van der Waals surface area contributed by atoms with Gasteiger partial charge in [0.2, 0.25) is 0 Å². The third-order valence-electron chi connectivity index (χ3n) is 7.00. The molecule has 0 unspecified atom stereocenters. The molecule has 25 heavy (non-hydrogen) atoms. The van der Waals surface area contributed by atoms with Crippen molar-refractivity contribution in [3.63, 3.8) is 0 Å². The number of Topliss-reactive ketones (excluding diaryl/α,β-unsaturated/α-hetero) is 1. The molecule has 1 aromatic carbocycles. The highest BCUT2D eigenvalue weighted by Crippen LogP contribution is 2.66. The maximum absolute atomic E-state index is 13.5. The minimum atomic E-state index is -0.604. The van der Waals surface area contributed by atoms with Crippen LogP contribution in [0.2, 0.25) is 0 Å². The Bertz CT molecular complexity index is 832. The van der Waals surface area contributed by atoms with Crippen molar-refractivity contribution in [3.8, 4) is 0 Å². The summed E-state index contributed by atoms with van der Waals surface area (Å²) in [6.07, 6.45) is 3.96. The second kappa shape index (κ2) is 4.73. The number of allylic oxidation sites excluding steroid dienone is 1. The van der Waals surface area contributed by atoms with E-state index in [9.17, 15) is 9.59 Å². The molecule has 0 radical (unpaired) electrons. The number of para-hydroxylation sites is 1. The summed E-state index contributed by atoms with van der Waals surface area (Å²) in [5.74, 6) is 0.505. The zero-order valence-corrected chi connectivity index (χ0v) is 14.6. The van der Waals surface area contributed by atoms with Gasteiger partial charge in [-0.15, -0.1) is 0 Å². The number of rotatable bonds is 0. The molecule has 4 aliphatic rings. The number of anilines is 1. The van der Waals surface area contributed by atoms with Gasteiger partial charge in [0.15, 0.2) is 0 Å². The van der Waals surface area contributed by atoms with Crippen LogP contribution in [-0.2, 0) is 14.9 Å². The average Bonchev–Trinajstić information content (AvgIpc) is 3.10. The van der Waals surface area contributed by atoms with Crippen LogP contribution in [0, 0.1) is 5.92 Å². The van der Waals surface area contributed by atoms with Crippen molar-refractivity contribution in [2.75, 3.05) is 25.1 Å². The van der Waals surface area contributed by atoms with Gasteiger partial charge in [-0.2, -0.15) is 0 Å². The maximum Gasteiger partial charge on any atom is 0.415 e. The van der Waals surface area contributed by atoms with Gasteiger partial charge in [0.25, 0.3) is 0 Å². The number of nitrogens with zero attached hydrogens (tertiary/aromatic N) is 2. The molecule has 5 heteroatoms. The highest BCUT2D eigenvalue weighted by molar-refractivity contribution is 6.05. The van der Waals surface area contributed by atoms with E-state index in [0.29, 0.717) is 6.42 Å². The molecule has 1 amide bonds. The fraction of sp³-hybridized carbons (Fsp3) is 0.500. The van der Waals surface area contributed by atoms with Crippen LogP contribution < -0.4 is 4.90 Å². The van der Waals surface area contributed by atoms with E-state index in [2.05, 4.69) is 17.9 Å². The van der Waals surface area contributed by atoms with Crippen LogP contribution in [0.15, 0.2) is 35.9 Å². The lowest BCUT2D eigenvalue weighted by Gasteiger charge is -2.56. The van der Waals surface area contributed by atoms with E-state index < -0.39 is 11.1 Å². The molecule has 5 nitrogen and oxygen atoms in total. The zero-order valence-electron chi connectivity index (χ0n) is 14.6. The average molecular weight is 338 g/mol. The summed E-state index contributed by atoms with van der Waals surface area (Å²) in [6.45, 7) is 3.71. The van der Waals surface area contributed by atoms with E-state index in [4.69, 9.17) is 4.74 Å². The summed E-state index contributed by atoms with van der Waals surface area (Å²) in [5.41, 5.74) is 1.98. The Morgan fingerprint density at radius 1 is 1.36 bits per heavy atom. The highest BCUT2D eigenvalue weighted by atomic mass is 16.5. The predicted molar refractivity (Wildman–Crippen MR) is 93.4 cm³/mol. The third kappa shape index (κ3) is 1.46. The monoisotopic (exact) mass is 338 g/mol. The second-order valence-electron chi connectivity index (χ2n) is 7.61. The summed E-state index contributed by atoms with van der Waals surface area (Å²) in [6, 6.07) is 7.90. The minimum absolute atomic E-state index is 0.224. The van der Waals surface area contributed by atoms with Gasteiger partial charge in [0.05, 0.1) is 18.2 Å². The van der Waals surface area contributed by atoms with Gasteiger partial charge in [-0.1, -0.05) is 29.8 Å². The number of hydrogen-bond acceptors (Lipinski definition) is 4. The Labute approximate surface area is 147 Å². The SMILES string of the molecule is C/C=C1/CN2CC[C@]34C(=O)C[C@H]1C[C@]23N(C(=O)OC)c1ccccc14. The van der Waals surface area contributed by atoms with Crippen LogP contribution >= 0.6 is 0 Å². The number of ether oxygens (including phenoxy) is 1. The maximum atomic E-state index is 13.5. The molecule has 3 fully saturated rings. The molecule has 5 rings (SSSR count). The van der Waals surface area contributed by atoms with Gasteiger partial charge in [0, 0.05) is 19.5 Å². The fourth-order valence-electron chi connectivity index (χ4n) is 6.08. The molecule has 1 saturated carbocycles. The molecule has 0 N–H and O–H groups in total. The summed E-state index contributed by atoms with van der Waals surface area (Å²) in [7, 11) is 1.42. The van der Waals surface area contributed by atoms with E-state index in [-0.39, 0.29) is 17.8 Å². The number of hydrogen-bond donors (Lipinski definition) is 0. The molecule has 2 saturated heterocycles. The number of methoxy groups -OCH3 is 1. The smallest absolute Gasteiger partial charge is 0.415 e. The molecule has 3 atom stereocenters. The lowest BCUT2D eigenvalue weighted by Crippen LogP contribution is -2.72. The van der Waals surface area contributed by atoms with Crippen LogP contribution in [0.3, 0.4) is 0 Å². The normalized spacial score (nSPS) is 37.2. The third-order valence-corrected chi connectivity index (χ3v) is 7.00. The summed E-state index contributed by atoms with van der Waals surface area (Å²) in [4.78, 5) is 30.5. The second-order valence-corrected chi connectivity index (χ2v) is 7.61. The molecule has 1 aliphatic carbocycles. The molecular formula is C20H22N2O3. The van der Waals surface area contributed by atoms with Crippen LogP contribution in [0.5, 0.6) is 0 Å². The molecule has 2 bridgehead atoms. The largest absolute Gasteiger partial charge is 0.452 e. The molecule has 1 aromatic rings. The molecule has 1 spiro atoms. The number of piperidine rings is 1. The Hall–Kier alpha value is -2.14. The number of carbonyl (C=O) groups excluding carboxylic acids is 2. The Balaban J connectivity index is 1.82. The summed E-state index contributed by atoms with van der Waals surface area (Å²) < 4.78 is 5.17. The summed E-state index contributed by atoms with van der Waals surface area (Å²) >= 11 is 0. The molecular weight excluding hydrogens is 316 g/mol. The van der Waals surface area contributed by atoms with Crippen molar-refractivity contribution < 1.29 is 14.3 Å². The van der Waals surface area contributed by atoms with Gasteiger partial charge < -0.3 is 4.74 Å². The first-order valence-electron chi connectivity index (χ1n) is 9.01. The fourth-order valence-corrected chi connectivity index (χ4v) is 6.08. The van der Waals surface area contributed by atoms with E-state index in [1.165, 1.54) is 12.7 Å². The van der Waals surface area contributed by atoms with Gasteiger partial charge in [-0.25, -0.2) is 4.79 Å². The van der Waals surface area contributed by atoms with Crippen LogP contribution in [-0.4, -0.2) is 42.6 Å². The predicted octanol–water partition coefficient (Wildman–Crippen LogP) is 2.85. The lowest BCUT2D eigenvalue weighted by molar-refractivity contribution is -0.134. The standard InChI is InChI=1S/C20H22N2O3/c1-3-13-12-21-9-8-19-15-6-4-5-7-16(15)22(18(24)25-2)20(19,21)11-14(13)10-17(19)23/h3-7,14H,8-12H2,1-2H3/b13-3-/t14-,19-,20+/m0/s1. The summed E-state index contributed by atoms with van der Waals surface area (Å²) in [5, 5.41) is 0. The molecule has 130 valence electrons. The quantitative estimate of drug-likeness (QED) is 0.683. The highest BCUT2D eigenvalue weighted by Gasteiger charge is 2.75. The lowest BCUT2D eigenvalue weighted by atomic mass is 9.58. The number of amides is 1. The van der Waals surface area contributed by atoms with Crippen molar-refractivity contribution in [2.45, 2.75) is 37.3 Å². The van der Waals surface area contributed by atoms with Crippen LogP contribution in [0.25, 0.3) is 0 Å². The molecule has 0 aromatic heterocycles. The van der Waals surface area contributed by atoms with E-state index in [0.717, 1.165) is 37.2 Å². The number of carbonyl (C=O) groups is 2. The molecule has 3 aliphatic heterocycles.